The number of rotatable bonds is 5. The minimum Gasteiger partial charge on any atom is -0.481 e. The van der Waals surface area contributed by atoms with Crippen LogP contribution >= 0.6 is 15.9 Å². The summed E-state index contributed by atoms with van der Waals surface area (Å²) in [5.41, 5.74) is 0. The van der Waals surface area contributed by atoms with E-state index in [1.54, 1.807) is 0 Å². The van der Waals surface area contributed by atoms with E-state index in [0.717, 1.165) is 19.4 Å². The summed E-state index contributed by atoms with van der Waals surface area (Å²) in [5.74, 6) is -0.794. The predicted octanol–water partition coefficient (Wildman–Crippen LogP) is 1.77. The zero-order valence-electron chi connectivity index (χ0n) is 7.95. The smallest absolute Gasteiger partial charge is 0.303 e. The fourth-order valence-corrected chi connectivity index (χ4v) is 1.87. The van der Waals surface area contributed by atoms with E-state index in [1.807, 2.05) is 0 Å². The van der Waals surface area contributed by atoms with Gasteiger partial charge in [0.05, 0.1) is 12.7 Å². The molecule has 0 saturated carbocycles. The van der Waals surface area contributed by atoms with Gasteiger partial charge >= 0.3 is 5.97 Å². The lowest BCUT2D eigenvalue weighted by Gasteiger charge is -2.24. The largest absolute Gasteiger partial charge is 0.481 e. The molecule has 14 heavy (non-hydrogen) atoms. The van der Waals surface area contributed by atoms with Gasteiger partial charge in [0, 0.05) is 13.0 Å². The molecular weight excluding hydrogens is 252 g/mol. The van der Waals surface area contributed by atoms with Gasteiger partial charge in [0.15, 0.2) is 0 Å². The number of alkyl halides is 1. The second-order valence-corrected chi connectivity index (χ2v) is 4.34. The Morgan fingerprint density at radius 1 is 1.71 bits per heavy atom. The van der Waals surface area contributed by atoms with Crippen molar-refractivity contribution in [1.29, 1.82) is 0 Å². The molecule has 0 radical (unpaired) electrons. The van der Waals surface area contributed by atoms with E-state index >= 15 is 0 Å². The molecule has 1 rings (SSSR count). The van der Waals surface area contributed by atoms with Crippen molar-refractivity contribution in [1.82, 2.24) is 0 Å². The van der Waals surface area contributed by atoms with Gasteiger partial charge in [0.2, 0.25) is 0 Å². The number of halogens is 1. The molecule has 2 atom stereocenters. The Bertz CT molecular complexity index is 180. The number of hydrogen-bond acceptors (Lipinski definition) is 3. The van der Waals surface area contributed by atoms with Gasteiger partial charge in [-0.2, -0.15) is 0 Å². The predicted molar refractivity (Wildman–Crippen MR) is 54.5 cm³/mol. The van der Waals surface area contributed by atoms with E-state index in [0.29, 0.717) is 13.0 Å². The molecule has 2 unspecified atom stereocenters. The van der Waals surface area contributed by atoms with Crippen LogP contribution in [-0.4, -0.2) is 35.4 Å². The Balaban J connectivity index is 2.11. The molecule has 0 bridgehead atoms. The first-order valence-corrected chi connectivity index (χ1v) is 5.69. The van der Waals surface area contributed by atoms with Gasteiger partial charge in [0.1, 0.15) is 5.01 Å². The maximum absolute atomic E-state index is 10.3. The highest BCUT2D eigenvalue weighted by atomic mass is 79.9. The minimum atomic E-state index is -0.794. The summed E-state index contributed by atoms with van der Waals surface area (Å²) in [6, 6.07) is 0. The first-order chi connectivity index (χ1) is 6.68. The highest BCUT2D eigenvalue weighted by Crippen LogP contribution is 2.17. The lowest BCUT2D eigenvalue weighted by atomic mass is 10.2. The summed E-state index contributed by atoms with van der Waals surface area (Å²) in [6.07, 6.45) is 2.75. The summed E-state index contributed by atoms with van der Waals surface area (Å²) in [7, 11) is 0. The number of hydrogen-bond donors (Lipinski definition) is 1. The van der Waals surface area contributed by atoms with E-state index in [4.69, 9.17) is 14.6 Å². The third-order valence-corrected chi connectivity index (χ3v) is 2.72. The maximum atomic E-state index is 10.3. The Morgan fingerprint density at radius 3 is 3.07 bits per heavy atom. The molecule has 1 saturated heterocycles. The lowest BCUT2D eigenvalue weighted by Crippen LogP contribution is -2.28. The third kappa shape index (κ3) is 4.93. The van der Waals surface area contributed by atoms with Gasteiger partial charge in [-0.1, -0.05) is 15.9 Å². The number of aliphatic carboxylic acids is 1. The molecule has 1 heterocycles. The number of carboxylic acids is 1. The molecule has 0 aromatic rings. The van der Waals surface area contributed by atoms with Gasteiger partial charge in [-0.05, 0) is 19.3 Å². The van der Waals surface area contributed by atoms with Crippen LogP contribution in [0, 0.1) is 0 Å². The molecule has 0 aromatic carbocycles. The highest BCUT2D eigenvalue weighted by molar-refractivity contribution is 9.09. The van der Waals surface area contributed by atoms with Crippen molar-refractivity contribution in [3.63, 3.8) is 0 Å². The molecule has 1 aliphatic heterocycles. The summed E-state index contributed by atoms with van der Waals surface area (Å²) in [6.45, 7) is 1.43. The summed E-state index contributed by atoms with van der Waals surface area (Å²) in [4.78, 5) is 10.3. The average molecular weight is 267 g/mol. The molecule has 0 aromatic heterocycles. The zero-order valence-corrected chi connectivity index (χ0v) is 9.53. The SMILES string of the molecule is O=C(O)CCC(Br)OC1CCCOC1. The quantitative estimate of drug-likeness (QED) is 0.771. The molecule has 1 aliphatic rings. The molecule has 5 heteroatoms. The van der Waals surface area contributed by atoms with Crippen LogP contribution in [0.3, 0.4) is 0 Å². The van der Waals surface area contributed by atoms with Crippen molar-refractivity contribution in [2.75, 3.05) is 13.2 Å². The van der Waals surface area contributed by atoms with E-state index in [1.165, 1.54) is 0 Å². The molecule has 0 aliphatic carbocycles. The van der Waals surface area contributed by atoms with Crippen molar-refractivity contribution in [3.05, 3.63) is 0 Å². The molecule has 0 spiro atoms. The van der Waals surface area contributed by atoms with Crippen molar-refractivity contribution in [2.24, 2.45) is 0 Å². The highest BCUT2D eigenvalue weighted by Gasteiger charge is 2.18. The monoisotopic (exact) mass is 266 g/mol. The zero-order chi connectivity index (χ0) is 10.4. The average Bonchev–Trinajstić information content (AvgIpc) is 2.16. The van der Waals surface area contributed by atoms with Crippen LogP contribution in [0.4, 0.5) is 0 Å². The topological polar surface area (TPSA) is 55.8 Å². The molecular formula is C9H15BrO4. The molecule has 4 nitrogen and oxygen atoms in total. The fraction of sp³-hybridized carbons (Fsp3) is 0.889. The third-order valence-electron chi connectivity index (χ3n) is 2.04. The normalized spacial score (nSPS) is 24.5. The van der Waals surface area contributed by atoms with E-state index in [-0.39, 0.29) is 17.5 Å². The number of carbonyl (C=O) groups is 1. The van der Waals surface area contributed by atoms with Crippen LogP contribution in [0.1, 0.15) is 25.7 Å². The molecule has 0 amide bonds. The Hall–Kier alpha value is -0.130. The van der Waals surface area contributed by atoms with Crippen LogP contribution in [0.15, 0.2) is 0 Å². The van der Waals surface area contributed by atoms with Gasteiger partial charge in [-0.25, -0.2) is 0 Å². The van der Waals surface area contributed by atoms with Crippen LogP contribution in [0.25, 0.3) is 0 Å². The van der Waals surface area contributed by atoms with Gasteiger partial charge < -0.3 is 14.6 Å². The lowest BCUT2D eigenvalue weighted by molar-refractivity contribution is -0.137. The van der Waals surface area contributed by atoms with Gasteiger partial charge in [-0.3, -0.25) is 4.79 Å². The van der Waals surface area contributed by atoms with Gasteiger partial charge in [0.25, 0.3) is 0 Å². The Morgan fingerprint density at radius 2 is 2.50 bits per heavy atom. The van der Waals surface area contributed by atoms with Crippen LogP contribution < -0.4 is 0 Å². The molecule has 1 N–H and O–H groups in total. The Labute approximate surface area is 91.7 Å². The second kappa shape index (κ2) is 6.37. The van der Waals surface area contributed by atoms with E-state index in [9.17, 15) is 4.79 Å². The van der Waals surface area contributed by atoms with Crippen LogP contribution in [-0.2, 0) is 14.3 Å². The van der Waals surface area contributed by atoms with Crippen LogP contribution in [0.2, 0.25) is 0 Å². The number of carboxylic acid groups (broad SMARTS) is 1. The Kier molecular flexibility index (Phi) is 5.44. The van der Waals surface area contributed by atoms with E-state index in [2.05, 4.69) is 15.9 Å². The van der Waals surface area contributed by atoms with E-state index < -0.39 is 5.97 Å². The second-order valence-electron chi connectivity index (χ2n) is 3.32. The molecule has 1 fully saturated rings. The maximum Gasteiger partial charge on any atom is 0.303 e. The summed E-state index contributed by atoms with van der Waals surface area (Å²) < 4.78 is 10.8. The van der Waals surface area contributed by atoms with Crippen LogP contribution in [0.5, 0.6) is 0 Å². The summed E-state index contributed by atoms with van der Waals surface area (Å²) >= 11 is 3.30. The number of ether oxygens (including phenoxy) is 2. The summed E-state index contributed by atoms with van der Waals surface area (Å²) in [5, 5.41) is 8.29. The first kappa shape index (κ1) is 11.9. The minimum absolute atomic E-state index is 0.113. The van der Waals surface area contributed by atoms with Gasteiger partial charge in [-0.15, -0.1) is 0 Å². The van der Waals surface area contributed by atoms with Crippen molar-refractivity contribution >= 4 is 21.9 Å². The molecule has 82 valence electrons. The first-order valence-electron chi connectivity index (χ1n) is 4.77. The fourth-order valence-electron chi connectivity index (χ4n) is 1.33. The van der Waals surface area contributed by atoms with Crippen molar-refractivity contribution in [2.45, 2.75) is 36.8 Å². The standard InChI is InChI=1S/C9H15BrO4/c10-8(3-4-9(11)12)14-7-2-1-5-13-6-7/h7-8H,1-6H2,(H,11,12). The van der Waals surface area contributed by atoms with Crippen molar-refractivity contribution < 1.29 is 19.4 Å². The van der Waals surface area contributed by atoms with Crippen molar-refractivity contribution in [3.8, 4) is 0 Å².